The number of hydrogen-bond donors (Lipinski definition) is 1. The van der Waals surface area contributed by atoms with Crippen LogP contribution in [0.25, 0.3) is 0 Å². The van der Waals surface area contributed by atoms with Crippen LogP contribution in [0.2, 0.25) is 0 Å². The van der Waals surface area contributed by atoms with Crippen LogP contribution in [0, 0.1) is 5.92 Å². The molecular formula is C25H32N2O7. The molecule has 0 radical (unpaired) electrons. The summed E-state index contributed by atoms with van der Waals surface area (Å²) in [5, 5.41) is 2.48. The molecule has 9 nitrogen and oxygen atoms in total. The lowest BCUT2D eigenvalue weighted by molar-refractivity contribution is -0.148. The van der Waals surface area contributed by atoms with Crippen molar-refractivity contribution in [1.82, 2.24) is 10.3 Å². The van der Waals surface area contributed by atoms with Crippen molar-refractivity contribution in [2.75, 3.05) is 20.4 Å². The number of amides is 1. The number of esters is 2. The molecule has 9 heteroatoms. The van der Waals surface area contributed by atoms with Crippen LogP contribution in [-0.4, -0.2) is 49.4 Å². The molecule has 1 N–H and O–H groups in total. The highest BCUT2D eigenvalue weighted by molar-refractivity contribution is 5.97. The molecule has 0 bridgehead atoms. The maximum atomic E-state index is 12.6. The lowest BCUT2D eigenvalue weighted by atomic mass is 9.92. The second kappa shape index (κ2) is 13.8. The Morgan fingerprint density at radius 2 is 1.85 bits per heavy atom. The molecule has 2 aromatic rings. The Hall–Kier alpha value is -3.62. The van der Waals surface area contributed by atoms with Gasteiger partial charge in [-0.05, 0) is 31.2 Å². The molecule has 0 spiro atoms. The zero-order valence-electron chi connectivity index (χ0n) is 20.0. The first kappa shape index (κ1) is 26.6. The number of rotatable bonds is 13. The first-order valence-corrected chi connectivity index (χ1v) is 11.1. The molecular weight excluding hydrogens is 440 g/mol. The Kier molecular flexibility index (Phi) is 10.8. The molecule has 34 heavy (non-hydrogen) atoms. The topological polar surface area (TPSA) is 113 Å². The highest BCUT2D eigenvalue weighted by Gasteiger charge is 2.21. The van der Waals surface area contributed by atoms with Crippen LogP contribution >= 0.6 is 0 Å². The Bertz CT molecular complexity index is 950. The van der Waals surface area contributed by atoms with Gasteiger partial charge in [0.15, 0.2) is 17.2 Å². The molecule has 0 aliphatic heterocycles. The van der Waals surface area contributed by atoms with Crippen molar-refractivity contribution in [3.63, 3.8) is 0 Å². The molecule has 0 aliphatic rings. The number of benzene rings is 1. The normalized spacial score (nSPS) is 12.2. The van der Waals surface area contributed by atoms with Crippen LogP contribution in [0.5, 0.6) is 11.5 Å². The Morgan fingerprint density at radius 1 is 1.12 bits per heavy atom. The molecule has 1 aromatic carbocycles. The van der Waals surface area contributed by atoms with Crippen LogP contribution in [0.1, 0.15) is 49.7 Å². The standard InChI is InChI=1S/C25H32N2O7/c1-5-19(14-20-9-7-6-8-10-20)13-17(2)34-22(29)15-27-25(30)23-24(33-16-32-18(3)28)21(31-4)11-12-26-23/h6-12,17,19H,5,13-16H2,1-4H3,(H,27,30)/t17?,19-/m0/s1. The highest BCUT2D eigenvalue weighted by Crippen LogP contribution is 2.29. The third-order valence-electron chi connectivity index (χ3n) is 5.10. The quantitative estimate of drug-likeness (QED) is 0.349. The molecule has 0 aliphatic carbocycles. The van der Waals surface area contributed by atoms with Crippen LogP contribution in [0.15, 0.2) is 42.6 Å². The van der Waals surface area contributed by atoms with Crippen LogP contribution in [0.4, 0.5) is 0 Å². The lowest BCUT2D eigenvalue weighted by Crippen LogP contribution is -2.33. The van der Waals surface area contributed by atoms with E-state index in [9.17, 15) is 14.4 Å². The van der Waals surface area contributed by atoms with Gasteiger partial charge in [0.25, 0.3) is 5.91 Å². The van der Waals surface area contributed by atoms with E-state index < -0.39 is 24.6 Å². The van der Waals surface area contributed by atoms with Crippen molar-refractivity contribution >= 4 is 17.8 Å². The summed E-state index contributed by atoms with van der Waals surface area (Å²) in [6.45, 7) is 4.44. The maximum absolute atomic E-state index is 12.6. The van der Waals surface area contributed by atoms with Gasteiger partial charge in [0.05, 0.1) is 13.2 Å². The van der Waals surface area contributed by atoms with Crippen molar-refractivity contribution in [2.45, 2.75) is 46.1 Å². The minimum atomic E-state index is -0.656. The minimum Gasteiger partial charge on any atom is -0.493 e. The predicted molar refractivity (Wildman–Crippen MR) is 124 cm³/mol. The summed E-state index contributed by atoms with van der Waals surface area (Å²) in [7, 11) is 1.40. The molecule has 1 heterocycles. The van der Waals surface area contributed by atoms with Gasteiger partial charge in [0.2, 0.25) is 6.79 Å². The zero-order valence-corrected chi connectivity index (χ0v) is 20.0. The van der Waals surface area contributed by atoms with Crippen LogP contribution in [-0.2, 0) is 25.5 Å². The first-order chi connectivity index (χ1) is 16.3. The van der Waals surface area contributed by atoms with E-state index in [1.54, 1.807) is 0 Å². The van der Waals surface area contributed by atoms with E-state index in [1.165, 1.54) is 31.9 Å². The summed E-state index contributed by atoms with van der Waals surface area (Å²) in [5.41, 5.74) is 1.14. The summed E-state index contributed by atoms with van der Waals surface area (Å²) in [5.74, 6) is -1.15. The summed E-state index contributed by atoms with van der Waals surface area (Å²) in [6.07, 6.45) is 3.66. The fourth-order valence-electron chi connectivity index (χ4n) is 3.43. The first-order valence-electron chi connectivity index (χ1n) is 11.1. The molecule has 0 saturated carbocycles. The minimum absolute atomic E-state index is 0.00261. The van der Waals surface area contributed by atoms with E-state index in [0.717, 1.165) is 19.3 Å². The second-order valence-electron chi connectivity index (χ2n) is 7.77. The van der Waals surface area contributed by atoms with Crippen molar-refractivity contribution in [3.8, 4) is 11.5 Å². The number of carbonyl (C=O) groups excluding carboxylic acids is 3. The molecule has 0 saturated heterocycles. The van der Waals surface area contributed by atoms with Crippen LogP contribution in [0.3, 0.4) is 0 Å². The summed E-state index contributed by atoms with van der Waals surface area (Å²) < 4.78 is 20.8. The van der Waals surface area contributed by atoms with E-state index in [-0.39, 0.29) is 29.8 Å². The van der Waals surface area contributed by atoms with Gasteiger partial charge in [-0.3, -0.25) is 14.4 Å². The van der Waals surface area contributed by atoms with E-state index in [2.05, 4.69) is 29.4 Å². The average molecular weight is 473 g/mol. The van der Waals surface area contributed by atoms with Gasteiger partial charge in [-0.1, -0.05) is 43.7 Å². The molecule has 1 aromatic heterocycles. The number of methoxy groups -OCH3 is 1. The summed E-state index contributed by atoms with van der Waals surface area (Å²) in [6, 6.07) is 11.7. The zero-order chi connectivity index (χ0) is 24.9. The van der Waals surface area contributed by atoms with Crippen LogP contribution < -0.4 is 14.8 Å². The highest BCUT2D eigenvalue weighted by atomic mass is 16.7. The fraction of sp³-hybridized carbons (Fsp3) is 0.440. The summed E-state index contributed by atoms with van der Waals surface area (Å²) >= 11 is 0. The molecule has 2 rings (SSSR count). The van der Waals surface area contributed by atoms with E-state index in [0.29, 0.717) is 5.92 Å². The van der Waals surface area contributed by atoms with Gasteiger partial charge in [0, 0.05) is 19.2 Å². The van der Waals surface area contributed by atoms with E-state index in [1.807, 2.05) is 25.1 Å². The Labute approximate surface area is 199 Å². The third-order valence-corrected chi connectivity index (χ3v) is 5.10. The van der Waals surface area contributed by atoms with E-state index >= 15 is 0 Å². The molecule has 1 unspecified atom stereocenters. The molecule has 1 amide bonds. The number of hydrogen-bond acceptors (Lipinski definition) is 8. The molecule has 184 valence electrons. The van der Waals surface area contributed by atoms with Crippen molar-refractivity contribution in [3.05, 3.63) is 53.9 Å². The monoisotopic (exact) mass is 472 g/mol. The Morgan fingerprint density at radius 3 is 2.50 bits per heavy atom. The predicted octanol–water partition coefficient (Wildman–Crippen LogP) is 3.31. The maximum Gasteiger partial charge on any atom is 0.325 e. The number of nitrogens with zero attached hydrogens (tertiary/aromatic N) is 1. The van der Waals surface area contributed by atoms with Crippen molar-refractivity contribution in [1.29, 1.82) is 0 Å². The molecule has 2 atom stereocenters. The second-order valence-corrected chi connectivity index (χ2v) is 7.77. The number of pyridine rings is 1. The van der Waals surface area contributed by atoms with Gasteiger partial charge in [-0.2, -0.15) is 0 Å². The SMILES string of the molecule is CC[C@H](Cc1ccccc1)CC(C)OC(=O)CNC(=O)c1nccc(OC)c1OCOC(C)=O. The van der Waals surface area contributed by atoms with Gasteiger partial charge in [-0.15, -0.1) is 0 Å². The van der Waals surface area contributed by atoms with Crippen molar-refractivity contribution < 1.29 is 33.3 Å². The number of ether oxygens (including phenoxy) is 4. The smallest absolute Gasteiger partial charge is 0.325 e. The lowest BCUT2D eigenvalue weighted by Gasteiger charge is -2.20. The van der Waals surface area contributed by atoms with Gasteiger partial charge in [-0.25, -0.2) is 4.98 Å². The van der Waals surface area contributed by atoms with E-state index in [4.69, 9.17) is 18.9 Å². The average Bonchev–Trinajstić information content (AvgIpc) is 2.82. The summed E-state index contributed by atoms with van der Waals surface area (Å²) in [4.78, 5) is 39.9. The van der Waals surface area contributed by atoms with Gasteiger partial charge >= 0.3 is 11.9 Å². The number of aromatic nitrogens is 1. The largest absolute Gasteiger partial charge is 0.493 e. The third kappa shape index (κ3) is 8.73. The van der Waals surface area contributed by atoms with Crippen molar-refractivity contribution in [2.24, 2.45) is 5.92 Å². The fourth-order valence-corrected chi connectivity index (χ4v) is 3.43. The molecule has 0 fully saturated rings. The van der Waals surface area contributed by atoms with Gasteiger partial charge < -0.3 is 24.3 Å². The van der Waals surface area contributed by atoms with Gasteiger partial charge in [0.1, 0.15) is 6.54 Å². The number of nitrogens with one attached hydrogen (secondary N) is 1. The Balaban J connectivity index is 1.89. The number of carbonyl (C=O) groups is 3.